The standard InChI is InChI=1S/C25H20N2O3/c28-18-8-9-21(24(29)15-18)25(30)27-13-3-4-17-14-16(7-10-23(17)27)19-11-12-26-22-6-2-1-5-20(19)22/h1-2,5-12,14-15,28-29H,3-4,13H2. The maximum absolute atomic E-state index is 13.1. The fourth-order valence-corrected chi connectivity index (χ4v) is 4.17. The molecule has 0 spiro atoms. The van der Waals surface area contributed by atoms with Crippen LogP contribution >= 0.6 is 0 Å². The van der Waals surface area contributed by atoms with Crippen molar-refractivity contribution in [2.45, 2.75) is 12.8 Å². The molecule has 0 bridgehead atoms. The number of phenols is 2. The Kier molecular flexibility index (Phi) is 4.36. The van der Waals surface area contributed by atoms with E-state index >= 15 is 0 Å². The number of phenolic OH excluding ortho intramolecular Hbond substituents is 2. The summed E-state index contributed by atoms with van der Waals surface area (Å²) in [5.41, 5.74) is 5.31. The number of aromatic nitrogens is 1. The van der Waals surface area contributed by atoms with E-state index in [2.05, 4.69) is 17.1 Å². The molecule has 0 aliphatic carbocycles. The lowest BCUT2D eigenvalue weighted by Crippen LogP contribution is -2.35. The monoisotopic (exact) mass is 396 g/mol. The Balaban J connectivity index is 1.55. The van der Waals surface area contributed by atoms with Crippen LogP contribution in [0.3, 0.4) is 0 Å². The van der Waals surface area contributed by atoms with E-state index in [1.807, 2.05) is 42.6 Å². The number of anilines is 1. The molecule has 2 heterocycles. The van der Waals surface area contributed by atoms with Gasteiger partial charge >= 0.3 is 0 Å². The third kappa shape index (κ3) is 3.05. The van der Waals surface area contributed by atoms with Gasteiger partial charge in [-0.15, -0.1) is 0 Å². The van der Waals surface area contributed by atoms with Gasteiger partial charge < -0.3 is 15.1 Å². The largest absolute Gasteiger partial charge is 0.508 e. The molecule has 2 N–H and O–H groups in total. The number of aromatic hydroxyl groups is 2. The summed E-state index contributed by atoms with van der Waals surface area (Å²) in [6.07, 6.45) is 3.55. The van der Waals surface area contributed by atoms with Crippen molar-refractivity contribution in [1.82, 2.24) is 4.98 Å². The van der Waals surface area contributed by atoms with E-state index in [4.69, 9.17) is 0 Å². The Labute approximate surface area is 173 Å². The minimum Gasteiger partial charge on any atom is -0.508 e. The molecule has 148 valence electrons. The van der Waals surface area contributed by atoms with Crippen LogP contribution in [0.2, 0.25) is 0 Å². The first-order chi connectivity index (χ1) is 14.6. The van der Waals surface area contributed by atoms with E-state index in [9.17, 15) is 15.0 Å². The van der Waals surface area contributed by atoms with E-state index < -0.39 is 0 Å². The van der Waals surface area contributed by atoms with Crippen LogP contribution in [0, 0.1) is 0 Å². The lowest BCUT2D eigenvalue weighted by molar-refractivity contribution is 0.0982. The quantitative estimate of drug-likeness (QED) is 0.505. The zero-order chi connectivity index (χ0) is 20.7. The van der Waals surface area contributed by atoms with E-state index in [1.165, 1.54) is 18.2 Å². The number of aryl methyl sites for hydroxylation is 1. The zero-order valence-corrected chi connectivity index (χ0v) is 16.2. The maximum atomic E-state index is 13.1. The van der Waals surface area contributed by atoms with Gasteiger partial charge in [-0.05, 0) is 65.9 Å². The molecule has 30 heavy (non-hydrogen) atoms. The van der Waals surface area contributed by atoms with Crippen LogP contribution in [-0.2, 0) is 6.42 Å². The molecule has 3 aromatic carbocycles. The number of fused-ring (bicyclic) bond motifs is 2. The van der Waals surface area contributed by atoms with Crippen LogP contribution in [0.1, 0.15) is 22.3 Å². The van der Waals surface area contributed by atoms with Crippen LogP contribution in [0.5, 0.6) is 11.5 Å². The average molecular weight is 396 g/mol. The van der Waals surface area contributed by atoms with Crippen molar-refractivity contribution < 1.29 is 15.0 Å². The SMILES string of the molecule is O=C(c1ccc(O)cc1O)N1CCCc2cc(-c3ccnc4ccccc34)ccc21. The van der Waals surface area contributed by atoms with Gasteiger partial charge in [0.05, 0.1) is 11.1 Å². The Hall–Kier alpha value is -3.86. The Morgan fingerprint density at radius 1 is 0.967 bits per heavy atom. The molecule has 4 aromatic rings. The Bertz CT molecular complexity index is 1280. The van der Waals surface area contributed by atoms with Crippen molar-refractivity contribution in [3.63, 3.8) is 0 Å². The van der Waals surface area contributed by atoms with Gasteiger partial charge in [-0.3, -0.25) is 9.78 Å². The molecule has 5 rings (SSSR count). The van der Waals surface area contributed by atoms with Crippen molar-refractivity contribution >= 4 is 22.5 Å². The fourth-order valence-electron chi connectivity index (χ4n) is 4.17. The molecule has 0 radical (unpaired) electrons. The fraction of sp³-hybridized carbons (Fsp3) is 0.120. The molecule has 1 amide bonds. The number of rotatable bonds is 2. The van der Waals surface area contributed by atoms with Crippen LogP contribution in [0.4, 0.5) is 5.69 Å². The topological polar surface area (TPSA) is 73.7 Å². The highest BCUT2D eigenvalue weighted by Gasteiger charge is 2.26. The van der Waals surface area contributed by atoms with E-state index in [-0.39, 0.29) is 23.0 Å². The molecule has 0 saturated heterocycles. The summed E-state index contributed by atoms with van der Waals surface area (Å²) >= 11 is 0. The van der Waals surface area contributed by atoms with Crippen molar-refractivity contribution in [3.8, 4) is 22.6 Å². The summed E-state index contributed by atoms with van der Waals surface area (Å²) < 4.78 is 0. The predicted molar refractivity (Wildman–Crippen MR) is 117 cm³/mol. The summed E-state index contributed by atoms with van der Waals surface area (Å²) in [6, 6.07) is 20.3. The van der Waals surface area contributed by atoms with E-state index in [1.54, 1.807) is 4.90 Å². The molecule has 5 heteroatoms. The maximum Gasteiger partial charge on any atom is 0.262 e. The normalized spacial score (nSPS) is 13.3. The first kappa shape index (κ1) is 18.2. The first-order valence-electron chi connectivity index (χ1n) is 9.93. The zero-order valence-electron chi connectivity index (χ0n) is 16.2. The summed E-state index contributed by atoms with van der Waals surface area (Å²) in [7, 11) is 0. The summed E-state index contributed by atoms with van der Waals surface area (Å²) in [6.45, 7) is 0.587. The van der Waals surface area contributed by atoms with Gasteiger partial charge in [0.15, 0.2) is 0 Å². The highest BCUT2D eigenvalue weighted by atomic mass is 16.3. The van der Waals surface area contributed by atoms with E-state index in [0.717, 1.165) is 46.1 Å². The van der Waals surface area contributed by atoms with Crippen molar-refractivity contribution in [3.05, 3.63) is 84.1 Å². The van der Waals surface area contributed by atoms with Crippen LogP contribution in [-0.4, -0.2) is 27.6 Å². The van der Waals surface area contributed by atoms with Gasteiger partial charge in [0, 0.05) is 29.9 Å². The third-order valence-electron chi connectivity index (χ3n) is 5.62. The molecule has 0 unspecified atom stereocenters. The molecule has 1 aliphatic heterocycles. The number of benzene rings is 3. The number of carbonyl (C=O) groups excluding carboxylic acids is 1. The Morgan fingerprint density at radius 3 is 2.70 bits per heavy atom. The van der Waals surface area contributed by atoms with Crippen LogP contribution < -0.4 is 4.90 Å². The molecular weight excluding hydrogens is 376 g/mol. The van der Waals surface area contributed by atoms with E-state index in [0.29, 0.717) is 6.54 Å². The molecule has 1 aliphatic rings. The van der Waals surface area contributed by atoms with Crippen LogP contribution in [0.15, 0.2) is 72.9 Å². The summed E-state index contributed by atoms with van der Waals surface area (Å²) in [4.78, 5) is 19.3. The van der Waals surface area contributed by atoms with Gasteiger partial charge in [0.25, 0.3) is 5.91 Å². The summed E-state index contributed by atoms with van der Waals surface area (Å²) in [5, 5.41) is 20.7. The molecule has 1 aromatic heterocycles. The molecule has 0 atom stereocenters. The highest BCUT2D eigenvalue weighted by Crippen LogP contribution is 2.35. The van der Waals surface area contributed by atoms with Gasteiger partial charge in [0.2, 0.25) is 0 Å². The second-order valence-corrected chi connectivity index (χ2v) is 7.48. The number of pyridine rings is 1. The number of hydrogen-bond donors (Lipinski definition) is 2. The lowest BCUT2D eigenvalue weighted by Gasteiger charge is -2.30. The highest BCUT2D eigenvalue weighted by molar-refractivity contribution is 6.08. The van der Waals surface area contributed by atoms with Crippen molar-refractivity contribution in [2.75, 3.05) is 11.4 Å². The molecular formula is C25H20N2O3. The molecule has 0 saturated carbocycles. The third-order valence-corrected chi connectivity index (χ3v) is 5.62. The molecule has 0 fully saturated rings. The number of hydrogen-bond acceptors (Lipinski definition) is 4. The number of para-hydroxylation sites is 1. The minimum absolute atomic E-state index is 0.0719. The van der Waals surface area contributed by atoms with Crippen molar-refractivity contribution in [1.29, 1.82) is 0 Å². The van der Waals surface area contributed by atoms with Gasteiger partial charge in [0.1, 0.15) is 11.5 Å². The minimum atomic E-state index is -0.268. The second kappa shape index (κ2) is 7.19. The Morgan fingerprint density at radius 2 is 1.83 bits per heavy atom. The lowest BCUT2D eigenvalue weighted by atomic mass is 9.94. The number of carbonyl (C=O) groups is 1. The second-order valence-electron chi connectivity index (χ2n) is 7.48. The number of amides is 1. The smallest absolute Gasteiger partial charge is 0.262 e. The van der Waals surface area contributed by atoms with Crippen molar-refractivity contribution in [2.24, 2.45) is 0 Å². The van der Waals surface area contributed by atoms with Gasteiger partial charge in [-0.2, -0.15) is 0 Å². The average Bonchev–Trinajstić information content (AvgIpc) is 2.77. The predicted octanol–water partition coefficient (Wildman–Crippen LogP) is 4.91. The number of nitrogens with zero attached hydrogens (tertiary/aromatic N) is 2. The molecule has 5 nitrogen and oxygen atoms in total. The van der Waals surface area contributed by atoms with Crippen LogP contribution in [0.25, 0.3) is 22.0 Å². The van der Waals surface area contributed by atoms with Gasteiger partial charge in [-0.1, -0.05) is 24.3 Å². The van der Waals surface area contributed by atoms with Gasteiger partial charge in [-0.25, -0.2) is 0 Å². The first-order valence-corrected chi connectivity index (χ1v) is 9.93. The summed E-state index contributed by atoms with van der Waals surface area (Å²) in [5.74, 6) is -0.556.